The van der Waals surface area contributed by atoms with Crippen LogP contribution in [0.4, 0.5) is 0 Å². The number of carbonyl (C=O) groups is 1. The van der Waals surface area contributed by atoms with E-state index in [1.807, 2.05) is 6.08 Å². The van der Waals surface area contributed by atoms with E-state index in [4.69, 9.17) is 0 Å². The highest BCUT2D eigenvalue weighted by Crippen LogP contribution is 2.72. The van der Waals surface area contributed by atoms with Crippen molar-refractivity contribution in [1.29, 1.82) is 0 Å². The number of carbonyl (C=O) groups excluding carboxylic acids is 1. The van der Waals surface area contributed by atoms with Crippen LogP contribution in [-0.2, 0) is 4.79 Å². The molecule has 4 rings (SSSR count). The molecular formula is C30H48O. The second-order valence-electron chi connectivity index (χ2n) is 13.5. The molecule has 0 aromatic rings. The van der Waals surface area contributed by atoms with Crippen LogP contribution in [0.2, 0.25) is 0 Å². The Morgan fingerprint density at radius 2 is 1.71 bits per heavy atom. The molecule has 7 atom stereocenters. The zero-order valence-corrected chi connectivity index (χ0v) is 21.7. The molecule has 0 aromatic heterocycles. The summed E-state index contributed by atoms with van der Waals surface area (Å²) in [6.07, 6.45) is 17.2. The fourth-order valence-corrected chi connectivity index (χ4v) is 9.07. The molecule has 1 nitrogen and oxygen atoms in total. The van der Waals surface area contributed by atoms with Gasteiger partial charge in [0.25, 0.3) is 0 Å². The first-order chi connectivity index (χ1) is 14.4. The van der Waals surface area contributed by atoms with E-state index in [9.17, 15) is 4.79 Å². The quantitative estimate of drug-likeness (QED) is 0.405. The molecule has 0 bridgehead atoms. The maximum absolute atomic E-state index is 13.4. The standard InChI is InChI=1S/C30H48O/c1-20(2)10-9-11-21(3)22-14-18-29(7)23-12-13-25-27(4,5)17-16-26(31)30(25,8)24(23)15-19-28(22,29)6/h12,16-17,20-22,24-25H,9-11,13-15,18-19H2,1-8H3/t21-,22-,24-,25-,28-,29+,30+/m0/s1. The Morgan fingerprint density at radius 1 is 1.00 bits per heavy atom. The number of hydrogen-bond donors (Lipinski definition) is 0. The first kappa shape index (κ1) is 23.3. The van der Waals surface area contributed by atoms with E-state index < -0.39 is 0 Å². The molecule has 0 aromatic carbocycles. The molecule has 0 heterocycles. The minimum Gasteiger partial charge on any atom is -0.294 e. The van der Waals surface area contributed by atoms with E-state index in [-0.39, 0.29) is 16.2 Å². The van der Waals surface area contributed by atoms with Gasteiger partial charge < -0.3 is 0 Å². The summed E-state index contributed by atoms with van der Waals surface area (Å²) in [6, 6.07) is 0. The van der Waals surface area contributed by atoms with Crippen LogP contribution in [0.3, 0.4) is 0 Å². The van der Waals surface area contributed by atoms with E-state index in [2.05, 4.69) is 67.5 Å². The van der Waals surface area contributed by atoms with Crippen molar-refractivity contribution >= 4 is 5.78 Å². The lowest BCUT2D eigenvalue weighted by Gasteiger charge is -2.61. The van der Waals surface area contributed by atoms with Crippen molar-refractivity contribution in [3.05, 3.63) is 23.8 Å². The van der Waals surface area contributed by atoms with Gasteiger partial charge in [0, 0.05) is 5.41 Å². The molecule has 0 saturated heterocycles. The van der Waals surface area contributed by atoms with E-state index in [1.54, 1.807) is 5.57 Å². The highest BCUT2D eigenvalue weighted by molar-refractivity contribution is 5.97. The predicted octanol–water partition coefficient (Wildman–Crippen LogP) is 8.40. The van der Waals surface area contributed by atoms with Crippen molar-refractivity contribution < 1.29 is 4.79 Å². The average Bonchev–Trinajstić information content (AvgIpc) is 2.96. The number of ketones is 1. The van der Waals surface area contributed by atoms with Crippen LogP contribution in [-0.4, -0.2) is 5.78 Å². The van der Waals surface area contributed by atoms with Gasteiger partial charge in [0.2, 0.25) is 0 Å². The Hall–Kier alpha value is -0.850. The maximum atomic E-state index is 13.4. The Labute approximate surface area is 192 Å². The molecule has 0 aliphatic heterocycles. The minimum absolute atomic E-state index is 0.107. The number of hydrogen-bond acceptors (Lipinski definition) is 1. The number of rotatable bonds is 5. The summed E-state index contributed by atoms with van der Waals surface area (Å²) in [5.74, 6) is 3.74. The summed E-state index contributed by atoms with van der Waals surface area (Å²) >= 11 is 0. The van der Waals surface area contributed by atoms with Crippen molar-refractivity contribution in [3.63, 3.8) is 0 Å². The van der Waals surface area contributed by atoms with Gasteiger partial charge in [-0.3, -0.25) is 4.79 Å². The predicted molar refractivity (Wildman–Crippen MR) is 132 cm³/mol. The van der Waals surface area contributed by atoms with Gasteiger partial charge in [-0.05, 0) is 84.0 Å². The van der Waals surface area contributed by atoms with E-state index in [0.29, 0.717) is 23.0 Å². The van der Waals surface area contributed by atoms with Crippen molar-refractivity contribution in [1.82, 2.24) is 0 Å². The average molecular weight is 425 g/mol. The molecule has 1 heteroatoms. The molecule has 0 amide bonds. The lowest BCUT2D eigenvalue weighted by Crippen LogP contribution is -2.57. The lowest BCUT2D eigenvalue weighted by molar-refractivity contribution is -0.138. The van der Waals surface area contributed by atoms with Gasteiger partial charge in [-0.2, -0.15) is 0 Å². The zero-order chi connectivity index (χ0) is 22.8. The first-order valence-corrected chi connectivity index (χ1v) is 13.3. The van der Waals surface area contributed by atoms with Gasteiger partial charge in [-0.1, -0.05) is 92.4 Å². The highest BCUT2D eigenvalue weighted by Gasteiger charge is 2.65. The Balaban J connectivity index is 1.63. The molecule has 0 unspecified atom stereocenters. The smallest absolute Gasteiger partial charge is 0.162 e. The van der Waals surface area contributed by atoms with E-state index in [1.165, 1.54) is 44.9 Å². The van der Waals surface area contributed by atoms with Gasteiger partial charge in [-0.25, -0.2) is 0 Å². The van der Waals surface area contributed by atoms with Gasteiger partial charge in [0.1, 0.15) is 0 Å². The highest BCUT2D eigenvalue weighted by atomic mass is 16.1. The van der Waals surface area contributed by atoms with Crippen LogP contribution in [0, 0.1) is 51.2 Å². The molecule has 2 fully saturated rings. The Kier molecular flexibility index (Phi) is 5.71. The molecule has 0 radical (unpaired) electrons. The second kappa shape index (κ2) is 7.59. The van der Waals surface area contributed by atoms with Gasteiger partial charge >= 0.3 is 0 Å². The molecular weight excluding hydrogens is 376 g/mol. The van der Waals surface area contributed by atoms with Crippen LogP contribution in [0.15, 0.2) is 23.8 Å². The molecule has 0 N–H and O–H groups in total. The molecule has 2 saturated carbocycles. The lowest BCUT2D eigenvalue weighted by atomic mass is 9.42. The van der Waals surface area contributed by atoms with Crippen LogP contribution < -0.4 is 0 Å². The van der Waals surface area contributed by atoms with Crippen molar-refractivity contribution in [3.8, 4) is 0 Å². The second-order valence-corrected chi connectivity index (χ2v) is 13.5. The van der Waals surface area contributed by atoms with E-state index in [0.717, 1.165) is 24.2 Å². The van der Waals surface area contributed by atoms with Crippen molar-refractivity contribution in [2.24, 2.45) is 51.2 Å². The Morgan fingerprint density at radius 3 is 2.39 bits per heavy atom. The summed E-state index contributed by atoms with van der Waals surface area (Å²) < 4.78 is 0. The van der Waals surface area contributed by atoms with Crippen molar-refractivity contribution in [2.45, 2.75) is 107 Å². The fraction of sp³-hybridized carbons (Fsp3) is 0.833. The molecule has 31 heavy (non-hydrogen) atoms. The third-order valence-electron chi connectivity index (χ3n) is 11.2. The summed E-state index contributed by atoms with van der Waals surface area (Å²) in [4.78, 5) is 13.4. The first-order valence-electron chi connectivity index (χ1n) is 13.3. The zero-order valence-electron chi connectivity index (χ0n) is 21.7. The van der Waals surface area contributed by atoms with Gasteiger partial charge in [-0.15, -0.1) is 0 Å². The fourth-order valence-electron chi connectivity index (χ4n) is 9.07. The van der Waals surface area contributed by atoms with Crippen molar-refractivity contribution in [2.75, 3.05) is 0 Å². The summed E-state index contributed by atoms with van der Waals surface area (Å²) in [6.45, 7) is 19.5. The minimum atomic E-state index is -0.215. The van der Waals surface area contributed by atoms with Crippen LogP contribution in [0.5, 0.6) is 0 Å². The number of fused-ring (bicyclic) bond motifs is 5. The molecule has 4 aliphatic rings. The third kappa shape index (κ3) is 3.26. The van der Waals surface area contributed by atoms with Crippen LogP contribution in [0.25, 0.3) is 0 Å². The largest absolute Gasteiger partial charge is 0.294 e. The van der Waals surface area contributed by atoms with Crippen LogP contribution >= 0.6 is 0 Å². The van der Waals surface area contributed by atoms with Gasteiger partial charge in [0.05, 0.1) is 0 Å². The third-order valence-corrected chi connectivity index (χ3v) is 11.2. The summed E-state index contributed by atoms with van der Waals surface area (Å²) in [5.41, 5.74) is 2.23. The topological polar surface area (TPSA) is 17.1 Å². The summed E-state index contributed by atoms with van der Waals surface area (Å²) in [5, 5.41) is 0. The molecule has 4 aliphatic carbocycles. The number of allylic oxidation sites excluding steroid dienone is 4. The van der Waals surface area contributed by atoms with Gasteiger partial charge in [0.15, 0.2) is 5.78 Å². The summed E-state index contributed by atoms with van der Waals surface area (Å²) in [7, 11) is 0. The SMILES string of the molecule is CC(C)CCC[C@H](C)[C@@H]1CC[C@]2(C)C3=CC[C@H]4C(C)(C)C=CC(=O)[C@]4(C)[C@H]3CC[C@@]12C. The Bertz CT molecular complexity index is 784. The monoisotopic (exact) mass is 424 g/mol. The van der Waals surface area contributed by atoms with Crippen LogP contribution in [0.1, 0.15) is 107 Å². The van der Waals surface area contributed by atoms with E-state index >= 15 is 0 Å². The normalized spacial score (nSPS) is 44.5. The molecule has 174 valence electrons. The molecule has 0 spiro atoms. The maximum Gasteiger partial charge on any atom is 0.162 e.